The first-order valence-corrected chi connectivity index (χ1v) is 12.6. The number of amidine groups is 1. The fraction of sp³-hybridized carbons (Fsp3) is 0.0714. The van der Waals surface area contributed by atoms with E-state index in [2.05, 4.69) is 20.5 Å². The van der Waals surface area contributed by atoms with E-state index in [0.29, 0.717) is 16.6 Å². The van der Waals surface area contributed by atoms with Crippen molar-refractivity contribution in [3.05, 3.63) is 118 Å². The molecule has 0 saturated carbocycles. The van der Waals surface area contributed by atoms with Crippen LogP contribution < -0.4 is 4.74 Å². The van der Waals surface area contributed by atoms with Gasteiger partial charge in [-0.05, 0) is 84.1 Å². The van der Waals surface area contributed by atoms with E-state index in [9.17, 15) is 4.79 Å². The molecule has 3 aromatic carbocycles. The molecule has 0 atom stereocenters. The number of benzene rings is 3. The van der Waals surface area contributed by atoms with Crippen molar-refractivity contribution in [3.63, 3.8) is 0 Å². The Morgan fingerprint density at radius 3 is 2.40 bits per heavy atom. The van der Waals surface area contributed by atoms with Crippen LogP contribution in [-0.4, -0.2) is 27.7 Å². The molecule has 0 spiro atoms. The van der Waals surface area contributed by atoms with E-state index in [1.807, 2.05) is 103 Å². The van der Waals surface area contributed by atoms with Crippen LogP contribution in [0.2, 0.25) is 0 Å². The molecular weight excluding hydrogens is 522 g/mol. The molecule has 5 rings (SSSR count). The molecule has 1 aliphatic rings. The standard InChI is InChI=1S/C28H22BrN3O2S/c1-34-25-15-9-20(10-16-25)19-32-27(33)26(35-28(32)30-22-6-3-2-4-7-22)18-24-8-5-17-31(24)23-13-11-21(29)12-14-23/h2-18H,19H2,1H3/b26-18-,30-28?. The molecule has 1 amide bonds. The van der Waals surface area contributed by atoms with Gasteiger partial charge in [0.2, 0.25) is 0 Å². The van der Waals surface area contributed by atoms with Crippen molar-refractivity contribution in [3.8, 4) is 11.4 Å². The highest BCUT2D eigenvalue weighted by Gasteiger charge is 2.33. The Morgan fingerprint density at radius 1 is 0.943 bits per heavy atom. The van der Waals surface area contributed by atoms with Crippen molar-refractivity contribution in [2.45, 2.75) is 6.54 Å². The molecule has 0 aliphatic carbocycles. The number of rotatable bonds is 6. The summed E-state index contributed by atoms with van der Waals surface area (Å²) in [7, 11) is 1.64. The average molecular weight is 544 g/mol. The van der Waals surface area contributed by atoms with Gasteiger partial charge in [0.1, 0.15) is 5.75 Å². The molecule has 1 aliphatic heterocycles. The minimum absolute atomic E-state index is 0.0657. The number of para-hydroxylation sites is 1. The molecule has 2 heterocycles. The first kappa shape index (κ1) is 23.2. The maximum absolute atomic E-state index is 13.6. The summed E-state index contributed by atoms with van der Waals surface area (Å²) in [6.45, 7) is 0.423. The first-order valence-electron chi connectivity index (χ1n) is 11.0. The molecule has 5 nitrogen and oxygen atoms in total. The van der Waals surface area contributed by atoms with E-state index < -0.39 is 0 Å². The van der Waals surface area contributed by atoms with Gasteiger partial charge in [-0.1, -0.05) is 46.3 Å². The zero-order chi connectivity index (χ0) is 24.2. The number of hydrogen-bond acceptors (Lipinski definition) is 4. The van der Waals surface area contributed by atoms with Gasteiger partial charge in [0.25, 0.3) is 5.91 Å². The topological polar surface area (TPSA) is 46.8 Å². The lowest BCUT2D eigenvalue weighted by Gasteiger charge is -2.16. The highest BCUT2D eigenvalue weighted by atomic mass is 79.9. The zero-order valence-electron chi connectivity index (χ0n) is 19.0. The van der Waals surface area contributed by atoms with Crippen molar-refractivity contribution in [1.82, 2.24) is 9.47 Å². The number of nitrogens with zero attached hydrogens (tertiary/aromatic N) is 3. The number of carbonyl (C=O) groups is 1. The molecule has 4 aromatic rings. The fourth-order valence-corrected chi connectivity index (χ4v) is 4.99. The van der Waals surface area contributed by atoms with E-state index in [-0.39, 0.29) is 5.91 Å². The lowest BCUT2D eigenvalue weighted by atomic mass is 10.2. The molecule has 7 heteroatoms. The second-order valence-electron chi connectivity index (χ2n) is 7.86. The highest BCUT2D eigenvalue weighted by molar-refractivity contribution is 9.10. The average Bonchev–Trinajstić information content (AvgIpc) is 3.46. The minimum Gasteiger partial charge on any atom is -0.497 e. The van der Waals surface area contributed by atoms with Crippen LogP contribution in [0, 0.1) is 0 Å². The summed E-state index contributed by atoms with van der Waals surface area (Å²) < 4.78 is 8.35. The van der Waals surface area contributed by atoms with E-state index in [1.54, 1.807) is 12.0 Å². The van der Waals surface area contributed by atoms with Gasteiger partial charge in [-0.15, -0.1) is 0 Å². The summed E-state index contributed by atoms with van der Waals surface area (Å²) in [6, 6.07) is 29.5. The Labute approximate surface area is 216 Å². The second kappa shape index (κ2) is 10.4. The van der Waals surface area contributed by atoms with Gasteiger partial charge in [0.15, 0.2) is 5.17 Å². The largest absolute Gasteiger partial charge is 0.497 e. The van der Waals surface area contributed by atoms with Gasteiger partial charge in [-0.25, -0.2) is 4.99 Å². The summed E-state index contributed by atoms with van der Waals surface area (Å²) in [4.78, 5) is 20.7. The number of amides is 1. The molecule has 174 valence electrons. The molecule has 1 saturated heterocycles. The third-order valence-electron chi connectivity index (χ3n) is 5.53. The zero-order valence-corrected chi connectivity index (χ0v) is 21.4. The van der Waals surface area contributed by atoms with Crippen LogP contribution >= 0.6 is 27.7 Å². The Bertz CT molecular complexity index is 1390. The minimum atomic E-state index is -0.0657. The van der Waals surface area contributed by atoms with E-state index in [1.165, 1.54) is 11.8 Å². The van der Waals surface area contributed by atoms with Crippen molar-refractivity contribution in [2.75, 3.05) is 7.11 Å². The summed E-state index contributed by atoms with van der Waals surface area (Å²) in [5.41, 5.74) is 3.75. The quantitative estimate of drug-likeness (QED) is 0.245. The fourth-order valence-electron chi connectivity index (χ4n) is 3.74. The van der Waals surface area contributed by atoms with E-state index >= 15 is 0 Å². The Kier molecular flexibility index (Phi) is 6.88. The van der Waals surface area contributed by atoms with Crippen molar-refractivity contribution < 1.29 is 9.53 Å². The summed E-state index contributed by atoms with van der Waals surface area (Å²) in [5, 5.41) is 0.657. The van der Waals surface area contributed by atoms with Crippen LogP contribution in [0.4, 0.5) is 5.69 Å². The summed E-state index contributed by atoms with van der Waals surface area (Å²) in [6.07, 6.45) is 3.93. The van der Waals surface area contributed by atoms with Crippen molar-refractivity contribution in [2.24, 2.45) is 4.99 Å². The van der Waals surface area contributed by atoms with E-state index in [4.69, 9.17) is 9.73 Å². The lowest BCUT2D eigenvalue weighted by molar-refractivity contribution is -0.122. The second-order valence-corrected chi connectivity index (χ2v) is 9.78. The molecular formula is C28H22BrN3O2S. The van der Waals surface area contributed by atoms with Crippen LogP contribution in [0.25, 0.3) is 11.8 Å². The van der Waals surface area contributed by atoms with Crippen molar-refractivity contribution in [1.29, 1.82) is 0 Å². The predicted molar refractivity (Wildman–Crippen MR) is 146 cm³/mol. The van der Waals surface area contributed by atoms with Crippen LogP contribution in [0.3, 0.4) is 0 Å². The molecule has 0 bridgehead atoms. The number of methoxy groups -OCH3 is 1. The number of carbonyl (C=O) groups excluding carboxylic acids is 1. The molecule has 0 radical (unpaired) electrons. The van der Waals surface area contributed by atoms with Gasteiger partial charge in [0.05, 0.1) is 24.2 Å². The van der Waals surface area contributed by atoms with Crippen LogP contribution in [0.15, 0.2) is 112 Å². The Morgan fingerprint density at radius 2 is 1.69 bits per heavy atom. The predicted octanol–water partition coefficient (Wildman–Crippen LogP) is 7.05. The smallest absolute Gasteiger partial charge is 0.267 e. The normalized spacial score (nSPS) is 15.8. The SMILES string of the molecule is COc1ccc(CN2C(=O)/C(=C/c3cccn3-c3ccc(Br)cc3)SC2=Nc2ccccc2)cc1. The molecule has 35 heavy (non-hydrogen) atoms. The number of halogens is 1. The number of ether oxygens (including phenoxy) is 1. The van der Waals surface area contributed by atoms with Crippen molar-refractivity contribution >= 4 is 50.5 Å². The monoisotopic (exact) mass is 543 g/mol. The Balaban J connectivity index is 1.49. The number of thioether (sulfide) groups is 1. The molecule has 1 aromatic heterocycles. The first-order chi connectivity index (χ1) is 17.1. The van der Waals surface area contributed by atoms with Gasteiger partial charge in [-0.3, -0.25) is 9.69 Å². The van der Waals surface area contributed by atoms with Gasteiger partial charge in [-0.2, -0.15) is 0 Å². The number of aliphatic imine (C=N–C) groups is 1. The van der Waals surface area contributed by atoms with Crippen LogP contribution in [-0.2, 0) is 11.3 Å². The number of aromatic nitrogens is 1. The molecule has 0 N–H and O–H groups in total. The maximum Gasteiger partial charge on any atom is 0.267 e. The van der Waals surface area contributed by atoms with Gasteiger partial charge >= 0.3 is 0 Å². The summed E-state index contributed by atoms with van der Waals surface area (Å²) >= 11 is 4.88. The Hall–Kier alpha value is -3.55. The van der Waals surface area contributed by atoms with Gasteiger partial charge < -0.3 is 9.30 Å². The van der Waals surface area contributed by atoms with E-state index in [0.717, 1.165) is 32.9 Å². The summed E-state index contributed by atoms with van der Waals surface area (Å²) in [5.74, 6) is 0.715. The van der Waals surface area contributed by atoms with Crippen LogP contribution in [0.1, 0.15) is 11.3 Å². The third kappa shape index (κ3) is 5.26. The lowest BCUT2D eigenvalue weighted by Crippen LogP contribution is -2.28. The van der Waals surface area contributed by atoms with Gasteiger partial charge in [0, 0.05) is 22.1 Å². The molecule has 0 unspecified atom stereocenters. The number of hydrogen-bond donors (Lipinski definition) is 0. The third-order valence-corrected chi connectivity index (χ3v) is 7.07. The highest BCUT2D eigenvalue weighted by Crippen LogP contribution is 2.35. The molecule has 1 fully saturated rings. The maximum atomic E-state index is 13.6. The van der Waals surface area contributed by atoms with Crippen LogP contribution in [0.5, 0.6) is 5.75 Å².